The van der Waals surface area contributed by atoms with Gasteiger partial charge in [-0.3, -0.25) is 4.79 Å². The zero-order valence-electron chi connectivity index (χ0n) is 18.3. The quantitative estimate of drug-likeness (QED) is 0.487. The van der Waals surface area contributed by atoms with Crippen molar-refractivity contribution in [1.29, 1.82) is 0 Å². The number of nitrogens with one attached hydrogen (secondary N) is 1. The number of amides is 1. The van der Waals surface area contributed by atoms with E-state index in [1.54, 1.807) is 11.8 Å². The van der Waals surface area contributed by atoms with E-state index in [0.29, 0.717) is 16.5 Å². The minimum Gasteiger partial charge on any atom is -0.342 e. The molecule has 1 amide bonds. The summed E-state index contributed by atoms with van der Waals surface area (Å²) in [5.41, 5.74) is 6.85. The number of H-pyrrole nitrogens is 1. The predicted octanol–water partition coefficient (Wildman–Crippen LogP) is 6.12. The maximum atomic E-state index is 13.5. The van der Waals surface area contributed by atoms with Crippen LogP contribution in [0.15, 0.2) is 70.6 Å². The maximum absolute atomic E-state index is 13.5. The molecule has 166 valence electrons. The van der Waals surface area contributed by atoms with Crippen molar-refractivity contribution in [1.82, 2.24) is 14.9 Å². The molecule has 1 aliphatic carbocycles. The highest BCUT2D eigenvalue weighted by molar-refractivity contribution is 8.05. The van der Waals surface area contributed by atoms with Crippen molar-refractivity contribution in [2.24, 2.45) is 5.92 Å². The van der Waals surface area contributed by atoms with Gasteiger partial charge in [0.25, 0.3) is 5.91 Å². The average molecular weight is 474 g/mol. The lowest BCUT2D eigenvalue weighted by molar-refractivity contribution is -0.126. The van der Waals surface area contributed by atoms with Crippen LogP contribution in [-0.4, -0.2) is 32.6 Å². The summed E-state index contributed by atoms with van der Waals surface area (Å²) >= 11 is 8.28. The van der Waals surface area contributed by atoms with E-state index >= 15 is 0 Å². The highest BCUT2D eigenvalue weighted by Gasteiger charge is 2.37. The number of aromatic nitrogens is 2. The van der Waals surface area contributed by atoms with Crippen molar-refractivity contribution in [2.45, 2.75) is 31.6 Å². The van der Waals surface area contributed by atoms with Gasteiger partial charge in [-0.1, -0.05) is 54.1 Å². The highest BCUT2D eigenvalue weighted by Crippen LogP contribution is 2.47. The van der Waals surface area contributed by atoms with Gasteiger partial charge in [0.05, 0.1) is 15.9 Å². The summed E-state index contributed by atoms with van der Waals surface area (Å²) in [6.45, 7) is 3.33. The first kappa shape index (κ1) is 20.8. The van der Waals surface area contributed by atoms with Crippen LogP contribution in [0.1, 0.15) is 23.4 Å². The van der Waals surface area contributed by atoms with Crippen LogP contribution in [0.4, 0.5) is 0 Å². The van der Waals surface area contributed by atoms with Crippen molar-refractivity contribution in [3.8, 4) is 11.1 Å². The fourth-order valence-electron chi connectivity index (χ4n) is 5.00. The van der Waals surface area contributed by atoms with Gasteiger partial charge in [-0.15, -0.1) is 11.8 Å². The molecule has 0 fully saturated rings. The van der Waals surface area contributed by atoms with Crippen LogP contribution >= 0.6 is 23.4 Å². The first-order chi connectivity index (χ1) is 16.1. The van der Waals surface area contributed by atoms with Crippen LogP contribution in [-0.2, 0) is 17.8 Å². The SMILES string of the molecule is Cc1nc2cc(-c3ccc4c(c3)CN(C(=O)C3=C(Cl)C5C=CC=CC5S3)CCC4)ccc2[nH]1. The summed E-state index contributed by atoms with van der Waals surface area (Å²) in [4.78, 5) is 24.1. The first-order valence-electron chi connectivity index (χ1n) is 11.4. The number of allylic oxidation sites excluding steroid dienone is 4. The monoisotopic (exact) mass is 473 g/mol. The third-order valence-corrected chi connectivity index (χ3v) is 8.61. The van der Waals surface area contributed by atoms with E-state index in [4.69, 9.17) is 11.6 Å². The van der Waals surface area contributed by atoms with Crippen molar-refractivity contribution >= 4 is 40.3 Å². The summed E-state index contributed by atoms with van der Waals surface area (Å²) in [5.74, 6) is 1.10. The van der Waals surface area contributed by atoms with Gasteiger partial charge in [0.15, 0.2) is 0 Å². The first-order valence-corrected chi connectivity index (χ1v) is 12.6. The van der Waals surface area contributed by atoms with Gasteiger partial charge in [-0.05, 0) is 60.2 Å². The molecule has 33 heavy (non-hydrogen) atoms. The molecule has 1 N–H and O–H groups in total. The van der Waals surface area contributed by atoms with Crippen molar-refractivity contribution < 1.29 is 4.79 Å². The lowest BCUT2D eigenvalue weighted by Crippen LogP contribution is -2.31. The molecule has 0 saturated carbocycles. The number of thioether (sulfide) groups is 1. The van der Waals surface area contributed by atoms with Gasteiger partial charge in [0, 0.05) is 29.3 Å². The smallest absolute Gasteiger partial charge is 0.261 e. The molecular weight excluding hydrogens is 450 g/mol. The van der Waals surface area contributed by atoms with Crippen molar-refractivity contribution in [2.75, 3.05) is 6.54 Å². The number of aromatic amines is 1. The van der Waals surface area contributed by atoms with Crippen LogP contribution < -0.4 is 0 Å². The molecule has 0 spiro atoms. The molecule has 6 heteroatoms. The number of halogens is 1. The van der Waals surface area contributed by atoms with Crippen LogP contribution in [0, 0.1) is 12.8 Å². The number of hydrogen-bond acceptors (Lipinski definition) is 3. The van der Waals surface area contributed by atoms with Crippen molar-refractivity contribution in [3.63, 3.8) is 0 Å². The maximum Gasteiger partial charge on any atom is 0.261 e. The fraction of sp³-hybridized carbons (Fsp3) is 0.259. The normalized spacial score (nSPS) is 21.9. The number of fused-ring (bicyclic) bond motifs is 3. The Balaban J connectivity index is 1.29. The minimum absolute atomic E-state index is 0.0628. The Morgan fingerprint density at radius 2 is 1.94 bits per heavy atom. The second kappa shape index (κ2) is 8.23. The summed E-state index contributed by atoms with van der Waals surface area (Å²) in [5, 5.41) is 0.921. The van der Waals surface area contributed by atoms with Gasteiger partial charge in [-0.2, -0.15) is 0 Å². The number of hydrogen-bond donors (Lipinski definition) is 1. The van der Waals surface area contributed by atoms with Gasteiger partial charge in [-0.25, -0.2) is 4.98 Å². The molecule has 3 aromatic rings. The molecule has 0 radical (unpaired) electrons. The van der Waals surface area contributed by atoms with Crippen LogP contribution in [0.25, 0.3) is 22.2 Å². The Hall–Kier alpha value is -2.76. The topological polar surface area (TPSA) is 49.0 Å². The van der Waals surface area contributed by atoms with E-state index in [2.05, 4.69) is 58.5 Å². The average Bonchev–Trinajstić information content (AvgIpc) is 3.28. The molecule has 2 atom stereocenters. The second-order valence-electron chi connectivity index (χ2n) is 8.92. The van der Waals surface area contributed by atoms with E-state index in [1.807, 2.05) is 24.0 Å². The molecule has 2 aliphatic heterocycles. The standard InChI is InChI=1S/C27H24ClN3OS/c1-16-29-22-11-10-19(14-23(22)30-16)18-9-8-17-5-4-12-31(15-20(17)13-18)27(32)26-25(28)21-6-2-3-7-24(21)33-26/h2-3,6-11,13-14,21,24H,4-5,12,15H2,1H3,(H,29,30). The Kier molecular flexibility index (Phi) is 5.19. The van der Waals surface area contributed by atoms with Crippen LogP contribution in [0.2, 0.25) is 0 Å². The van der Waals surface area contributed by atoms with E-state index in [-0.39, 0.29) is 17.1 Å². The number of imidazole rings is 1. The lowest BCUT2D eigenvalue weighted by Gasteiger charge is -2.22. The highest BCUT2D eigenvalue weighted by atomic mass is 35.5. The number of nitrogens with zero attached hydrogens (tertiary/aromatic N) is 2. The lowest BCUT2D eigenvalue weighted by atomic mass is 9.97. The number of rotatable bonds is 2. The minimum atomic E-state index is 0.0628. The van der Waals surface area contributed by atoms with Gasteiger partial charge in [0.2, 0.25) is 0 Å². The van der Waals surface area contributed by atoms with Gasteiger partial charge >= 0.3 is 0 Å². The summed E-state index contributed by atoms with van der Waals surface area (Å²) in [6, 6.07) is 13.0. The second-order valence-corrected chi connectivity index (χ2v) is 10.5. The Bertz CT molecular complexity index is 1370. The number of benzene rings is 2. The molecular formula is C27H24ClN3OS. The zero-order valence-corrected chi connectivity index (χ0v) is 19.9. The Morgan fingerprint density at radius 1 is 1.12 bits per heavy atom. The predicted molar refractivity (Wildman–Crippen MR) is 136 cm³/mol. The zero-order chi connectivity index (χ0) is 22.5. The molecule has 4 nitrogen and oxygen atoms in total. The van der Waals surface area contributed by atoms with Crippen LogP contribution in [0.5, 0.6) is 0 Å². The third-order valence-electron chi connectivity index (χ3n) is 6.71. The molecule has 2 unspecified atom stereocenters. The molecule has 2 aromatic carbocycles. The number of carbonyl (C=O) groups excluding carboxylic acids is 1. The van der Waals surface area contributed by atoms with Crippen LogP contribution in [0.3, 0.4) is 0 Å². The van der Waals surface area contributed by atoms with E-state index < -0.39 is 0 Å². The van der Waals surface area contributed by atoms with E-state index in [9.17, 15) is 4.79 Å². The molecule has 6 rings (SSSR count). The Morgan fingerprint density at radius 3 is 2.82 bits per heavy atom. The molecule has 0 saturated heterocycles. The van der Waals surface area contributed by atoms with Gasteiger partial charge < -0.3 is 9.88 Å². The summed E-state index contributed by atoms with van der Waals surface area (Å²) < 4.78 is 0. The molecule has 0 bridgehead atoms. The summed E-state index contributed by atoms with van der Waals surface area (Å²) in [7, 11) is 0. The number of carbonyl (C=O) groups is 1. The van der Waals surface area contributed by atoms with E-state index in [0.717, 1.165) is 47.4 Å². The molecule has 3 heterocycles. The molecule has 1 aromatic heterocycles. The van der Waals surface area contributed by atoms with Crippen molar-refractivity contribution in [3.05, 3.63) is 87.6 Å². The summed E-state index contributed by atoms with van der Waals surface area (Å²) in [6.07, 6.45) is 10.2. The largest absolute Gasteiger partial charge is 0.342 e. The van der Waals surface area contributed by atoms with E-state index in [1.165, 1.54) is 11.1 Å². The Labute approximate surface area is 202 Å². The van der Waals surface area contributed by atoms with Gasteiger partial charge in [0.1, 0.15) is 5.82 Å². The third kappa shape index (κ3) is 3.73. The fourth-order valence-corrected chi connectivity index (χ4v) is 6.79. The molecule has 3 aliphatic rings. The number of aryl methyl sites for hydroxylation is 2.